The Labute approximate surface area is 123 Å². The van der Waals surface area contributed by atoms with Crippen molar-refractivity contribution >= 4 is 23.0 Å². The highest BCUT2D eigenvalue weighted by Crippen LogP contribution is 2.26. The van der Waals surface area contributed by atoms with Crippen LogP contribution in [0.15, 0.2) is 28.7 Å². The van der Waals surface area contributed by atoms with Crippen LogP contribution in [0.5, 0.6) is 0 Å². The van der Waals surface area contributed by atoms with Gasteiger partial charge in [0, 0.05) is 26.1 Å². The molecule has 0 bridgehead atoms. The van der Waals surface area contributed by atoms with E-state index in [4.69, 9.17) is 9.25 Å². The lowest BCUT2D eigenvalue weighted by atomic mass is 9.96. The molecule has 1 aromatic heterocycles. The fourth-order valence-electron chi connectivity index (χ4n) is 2.66. The van der Waals surface area contributed by atoms with Crippen LogP contribution < -0.4 is 4.90 Å². The first-order valence-electron chi connectivity index (χ1n) is 7.11. The van der Waals surface area contributed by atoms with Crippen molar-refractivity contribution in [1.29, 1.82) is 0 Å². The SMILES string of the molecule is CON(C)C(=O)C1CCN(c2nc3ccccc3o2)CC1. The van der Waals surface area contributed by atoms with Crippen molar-refractivity contribution in [2.75, 3.05) is 32.1 Å². The molecule has 0 spiro atoms. The number of hydroxylamine groups is 2. The topological polar surface area (TPSA) is 58.8 Å². The van der Waals surface area contributed by atoms with Crippen LogP contribution in [-0.2, 0) is 9.63 Å². The maximum Gasteiger partial charge on any atom is 0.298 e. The van der Waals surface area contributed by atoms with E-state index in [-0.39, 0.29) is 11.8 Å². The first-order valence-corrected chi connectivity index (χ1v) is 7.11. The minimum Gasteiger partial charge on any atom is -0.423 e. The number of para-hydroxylation sites is 2. The van der Waals surface area contributed by atoms with Gasteiger partial charge in [-0.1, -0.05) is 12.1 Å². The lowest BCUT2D eigenvalue weighted by Gasteiger charge is -2.31. The molecule has 6 heteroatoms. The fourth-order valence-corrected chi connectivity index (χ4v) is 2.66. The second kappa shape index (κ2) is 5.73. The van der Waals surface area contributed by atoms with Gasteiger partial charge in [0.1, 0.15) is 5.52 Å². The Kier molecular flexibility index (Phi) is 3.79. The summed E-state index contributed by atoms with van der Waals surface area (Å²) in [4.78, 5) is 23.6. The molecular weight excluding hydrogens is 270 g/mol. The fraction of sp³-hybridized carbons (Fsp3) is 0.467. The molecule has 0 unspecified atom stereocenters. The number of benzene rings is 1. The predicted molar refractivity (Wildman–Crippen MR) is 78.7 cm³/mol. The minimum absolute atomic E-state index is 0.00979. The number of anilines is 1. The number of rotatable bonds is 3. The highest BCUT2D eigenvalue weighted by Gasteiger charge is 2.29. The summed E-state index contributed by atoms with van der Waals surface area (Å²) >= 11 is 0. The van der Waals surface area contributed by atoms with Crippen molar-refractivity contribution in [2.24, 2.45) is 5.92 Å². The Bertz CT molecular complexity index is 599. The molecule has 1 amide bonds. The molecule has 1 saturated heterocycles. The normalized spacial score (nSPS) is 16.4. The molecule has 0 radical (unpaired) electrons. The van der Waals surface area contributed by atoms with Gasteiger partial charge in [0.2, 0.25) is 5.91 Å². The third-order valence-corrected chi connectivity index (χ3v) is 3.98. The minimum atomic E-state index is 0.00979. The predicted octanol–water partition coefficient (Wildman–Crippen LogP) is 2.06. The molecular formula is C15H19N3O3. The van der Waals surface area contributed by atoms with Gasteiger partial charge in [0.25, 0.3) is 6.01 Å². The third-order valence-electron chi connectivity index (χ3n) is 3.98. The Balaban J connectivity index is 1.67. The summed E-state index contributed by atoms with van der Waals surface area (Å²) in [6.07, 6.45) is 1.57. The highest BCUT2D eigenvalue weighted by molar-refractivity contribution is 5.78. The number of hydrogen-bond acceptors (Lipinski definition) is 5. The van der Waals surface area contributed by atoms with Gasteiger partial charge < -0.3 is 9.32 Å². The standard InChI is InChI=1S/C15H19N3O3/c1-17(20-2)14(19)11-7-9-18(10-8-11)15-16-12-5-3-4-6-13(12)21-15/h3-6,11H,7-10H2,1-2H3. The average Bonchev–Trinajstić information content (AvgIpc) is 2.97. The Hall–Kier alpha value is -2.08. The van der Waals surface area contributed by atoms with Gasteiger partial charge in [-0.25, -0.2) is 5.06 Å². The van der Waals surface area contributed by atoms with Crippen molar-refractivity contribution in [3.63, 3.8) is 0 Å². The van der Waals surface area contributed by atoms with E-state index in [2.05, 4.69) is 9.88 Å². The second-order valence-corrected chi connectivity index (χ2v) is 5.24. The van der Waals surface area contributed by atoms with E-state index >= 15 is 0 Å². The maximum absolute atomic E-state index is 12.1. The van der Waals surface area contributed by atoms with Gasteiger partial charge in [0.05, 0.1) is 7.11 Å². The van der Waals surface area contributed by atoms with Gasteiger partial charge >= 0.3 is 0 Å². The van der Waals surface area contributed by atoms with Crippen LogP contribution in [0.2, 0.25) is 0 Å². The lowest BCUT2D eigenvalue weighted by Crippen LogP contribution is -2.41. The number of hydrogen-bond donors (Lipinski definition) is 0. The number of fused-ring (bicyclic) bond motifs is 1. The number of carbonyl (C=O) groups excluding carboxylic acids is 1. The van der Waals surface area contributed by atoms with Gasteiger partial charge in [-0.3, -0.25) is 9.63 Å². The summed E-state index contributed by atoms with van der Waals surface area (Å²) < 4.78 is 5.77. The van der Waals surface area contributed by atoms with Crippen molar-refractivity contribution < 1.29 is 14.0 Å². The average molecular weight is 289 g/mol. The molecule has 112 valence electrons. The smallest absolute Gasteiger partial charge is 0.298 e. The molecule has 1 aromatic carbocycles. The van der Waals surface area contributed by atoms with E-state index in [0.29, 0.717) is 6.01 Å². The van der Waals surface area contributed by atoms with Crippen LogP contribution in [0.4, 0.5) is 6.01 Å². The van der Waals surface area contributed by atoms with Crippen LogP contribution in [-0.4, -0.2) is 43.2 Å². The number of amides is 1. The summed E-state index contributed by atoms with van der Waals surface area (Å²) in [5.74, 6) is 0.0466. The molecule has 0 atom stereocenters. The summed E-state index contributed by atoms with van der Waals surface area (Å²) in [5, 5.41) is 1.31. The van der Waals surface area contributed by atoms with Crippen LogP contribution in [0.1, 0.15) is 12.8 Å². The monoisotopic (exact) mass is 289 g/mol. The van der Waals surface area contributed by atoms with E-state index in [1.54, 1.807) is 7.05 Å². The number of carbonyl (C=O) groups is 1. The zero-order valence-corrected chi connectivity index (χ0v) is 12.3. The molecule has 6 nitrogen and oxygen atoms in total. The van der Waals surface area contributed by atoms with Crippen LogP contribution in [0.3, 0.4) is 0 Å². The molecule has 1 aliphatic rings. The summed E-state index contributed by atoms with van der Waals surface area (Å²) in [6, 6.07) is 8.37. The molecule has 2 aromatic rings. The van der Waals surface area contributed by atoms with E-state index in [1.807, 2.05) is 24.3 Å². The quantitative estimate of drug-likeness (QED) is 0.810. The van der Waals surface area contributed by atoms with Crippen molar-refractivity contribution in [3.8, 4) is 0 Å². The van der Waals surface area contributed by atoms with Crippen molar-refractivity contribution in [1.82, 2.24) is 10.0 Å². The zero-order chi connectivity index (χ0) is 14.8. The molecule has 1 aliphatic heterocycles. The lowest BCUT2D eigenvalue weighted by molar-refractivity contribution is -0.174. The van der Waals surface area contributed by atoms with E-state index in [0.717, 1.165) is 37.0 Å². The molecule has 3 rings (SSSR count). The van der Waals surface area contributed by atoms with Crippen LogP contribution in [0.25, 0.3) is 11.1 Å². The summed E-state index contributed by atoms with van der Waals surface area (Å²) in [7, 11) is 3.15. The van der Waals surface area contributed by atoms with Gasteiger partial charge in [0.15, 0.2) is 5.58 Å². The summed E-state index contributed by atoms with van der Waals surface area (Å²) in [5.41, 5.74) is 1.66. The molecule has 0 aliphatic carbocycles. The molecule has 0 saturated carbocycles. The molecule has 21 heavy (non-hydrogen) atoms. The van der Waals surface area contributed by atoms with E-state index in [9.17, 15) is 4.79 Å². The molecule has 1 fully saturated rings. The van der Waals surface area contributed by atoms with E-state index in [1.165, 1.54) is 12.2 Å². The first-order chi connectivity index (χ1) is 10.2. The zero-order valence-electron chi connectivity index (χ0n) is 12.3. The highest BCUT2D eigenvalue weighted by atomic mass is 16.7. The Morgan fingerprint density at radius 2 is 2.10 bits per heavy atom. The Morgan fingerprint density at radius 1 is 1.38 bits per heavy atom. The van der Waals surface area contributed by atoms with Crippen LogP contribution in [0, 0.1) is 5.92 Å². The van der Waals surface area contributed by atoms with Crippen LogP contribution >= 0.6 is 0 Å². The van der Waals surface area contributed by atoms with Gasteiger partial charge in [-0.2, -0.15) is 4.98 Å². The maximum atomic E-state index is 12.1. The summed E-state index contributed by atoms with van der Waals surface area (Å²) in [6.45, 7) is 1.53. The molecule has 0 N–H and O–H groups in total. The third kappa shape index (κ3) is 2.71. The largest absolute Gasteiger partial charge is 0.423 e. The first kappa shape index (κ1) is 13.9. The van der Waals surface area contributed by atoms with Gasteiger partial charge in [-0.05, 0) is 25.0 Å². The van der Waals surface area contributed by atoms with E-state index < -0.39 is 0 Å². The van der Waals surface area contributed by atoms with Crippen molar-refractivity contribution in [2.45, 2.75) is 12.8 Å². The Morgan fingerprint density at radius 3 is 2.76 bits per heavy atom. The van der Waals surface area contributed by atoms with Crippen molar-refractivity contribution in [3.05, 3.63) is 24.3 Å². The van der Waals surface area contributed by atoms with Gasteiger partial charge in [-0.15, -0.1) is 0 Å². The second-order valence-electron chi connectivity index (χ2n) is 5.24. The molecule has 2 heterocycles. The number of piperidine rings is 1. The number of nitrogens with zero attached hydrogens (tertiary/aromatic N) is 3. The number of aromatic nitrogens is 1. The number of oxazole rings is 1.